The van der Waals surface area contributed by atoms with Gasteiger partial charge in [-0.25, -0.2) is 14.2 Å². The molecule has 1 heterocycles. The van der Waals surface area contributed by atoms with Gasteiger partial charge in [-0.2, -0.15) is 0 Å². The molecule has 1 aromatic carbocycles. The van der Waals surface area contributed by atoms with Gasteiger partial charge in [0.2, 0.25) is 0 Å². The lowest BCUT2D eigenvalue weighted by molar-refractivity contribution is 0.0685. The zero-order chi connectivity index (χ0) is 16.5. The number of hydrogen-bond donors (Lipinski definition) is 1. The van der Waals surface area contributed by atoms with E-state index in [1.54, 1.807) is 27.0 Å². The molecule has 6 nitrogen and oxygen atoms in total. The molecule has 3 amide bonds. The van der Waals surface area contributed by atoms with Crippen LogP contribution in [-0.2, 0) is 0 Å². The van der Waals surface area contributed by atoms with Crippen LogP contribution in [0.3, 0.4) is 0 Å². The fourth-order valence-electron chi connectivity index (χ4n) is 1.92. The van der Waals surface area contributed by atoms with Gasteiger partial charge in [0.15, 0.2) is 5.17 Å². The van der Waals surface area contributed by atoms with E-state index in [1.807, 2.05) is 0 Å². The van der Waals surface area contributed by atoms with Crippen LogP contribution < -0.4 is 5.32 Å². The van der Waals surface area contributed by atoms with E-state index < -0.39 is 16.6 Å². The first-order valence-corrected chi connectivity index (χ1v) is 7.41. The summed E-state index contributed by atoms with van der Waals surface area (Å²) in [6, 6.07) is 5.40. The Bertz CT molecular complexity index is 647. The number of carbonyl (C=O) groups is 2. The van der Waals surface area contributed by atoms with Gasteiger partial charge in [-0.05, 0) is 26.0 Å². The molecule has 0 unspecified atom stereocenters. The topological polar surface area (TPSA) is 65.0 Å². The normalized spacial score (nSPS) is 16.2. The molecular formula is C14H17FN4O2S. The summed E-state index contributed by atoms with van der Waals surface area (Å²) in [6.07, 6.45) is 0. The predicted molar refractivity (Wildman–Crippen MR) is 83.9 cm³/mol. The summed E-state index contributed by atoms with van der Waals surface area (Å²) in [7, 11) is 3.06. The second-order valence-corrected chi connectivity index (χ2v) is 6.71. The fraction of sp³-hybridized carbons (Fsp3) is 0.357. The number of amides is 3. The molecule has 0 bridgehead atoms. The van der Waals surface area contributed by atoms with Crippen LogP contribution in [0.2, 0.25) is 0 Å². The van der Waals surface area contributed by atoms with Gasteiger partial charge in [-0.3, -0.25) is 9.69 Å². The first-order valence-electron chi connectivity index (χ1n) is 6.60. The SMILES string of the molecule is CNC(=O)N(C)C1=NN(C(=O)c2ccccc2F)C(C)(C)S1. The lowest BCUT2D eigenvalue weighted by atomic mass is 10.2. The Balaban J connectivity index is 2.33. The molecule has 0 fully saturated rings. The van der Waals surface area contributed by atoms with Gasteiger partial charge in [-0.15, -0.1) is 5.10 Å². The van der Waals surface area contributed by atoms with Gasteiger partial charge in [0.05, 0.1) is 5.56 Å². The molecule has 22 heavy (non-hydrogen) atoms. The Hall–Kier alpha value is -2.09. The highest BCUT2D eigenvalue weighted by Gasteiger charge is 2.42. The molecule has 0 saturated carbocycles. The Morgan fingerprint density at radius 1 is 1.36 bits per heavy atom. The molecule has 118 valence electrons. The number of amidine groups is 1. The summed E-state index contributed by atoms with van der Waals surface area (Å²) >= 11 is 1.25. The van der Waals surface area contributed by atoms with Crippen molar-refractivity contribution in [2.45, 2.75) is 18.7 Å². The van der Waals surface area contributed by atoms with Crippen molar-refractivity contribution in [3.8, 4) is 0 Å². The van der Waals surface area contributed by atoms with E-state index in [9.17, 15) is 14.0 Å². The van der Waals surface area contributed by atoms with Gasteiger partial charge in [-0.1, -0.05) is 23.9 Å². The van der Waals surface area contributed by atoms with E-state index >= 15 is 0 Å². The van der Waals surface area contributed by atoms with Crippen molar-refractivity contribution in [3.63, 3.8) is 0 Å². The Labute approximate surface area is 132 Å². The molecular weight excluding hydrogens is 307 g/mol. The fourth-order valence-corrected chi connectivity index (χ4v) is 2.92. The molecule has 0 aliphatic carbocycles. The van der Waals surface area contributed by atoms with Crippen LogP contribution in [0.15, 0.2) is 29.4 Å². The molecule has 1 aliphatic rings. The first kappa shape index (κ1) is 16.3. The van der Waals surface area contributed by atoms with Gasteiger partial charge >= 0.3 is 6.03 Å². The number of halogens is 1. The molecule has 8 heteroatoms. The summed E-state index contributed by atoms with van der Waals surface area (Å²) in [5, 5.41) is 8.24. The molecule has 1 aliphatic heterocycles. The second kappa shape index (κ2) is 5.96. The van der Waals surface area contributed by atoms with Crippen LogP contribution in [-0.4, -0.2) is 46.0 Å². The average molecular weight is 324 g/mol. The standard InChI is InChI=1S/C14H17FN4O2S/c1-14(2)19(11(20)9-7-5-6-8-10(9)15)17-13(22-14)18(4)12(21)16-3/h5-8H,1-4H3,(H,16,21). The van der Waals surface area contributed by atoms with Gasteiger partial charge in [0, 0.05) is 14.1 Å². The van der Waals surface area contributed by atoms with E-state index in [1.165, 1.54) is 46.9 Å². The van der Waals surface area contributed by atoms with Crippen molar-refractivity contribution >= 4 is 28.9 Å². The van der Waals surface area contributed by atoms with Crippen molar-refractivity contribution in [2.24, 2.45) is 5.10 Å². The molecule has 1 aromatic rings. The van der Waals surface area contributed by atoms with Crippen LogP contribution in [0, 0.1) is 5.82 Å². The van der Waals surface area contributed by atoms with Crippen LogP contribution in [0.4, 0.5) is 9.18 Å². The van der Waals surface area contributed by atoms with Crippen LogP contribution >= 0.6 is 11.8 Å². The van der Waals surface area contributed by atoms with Crippen molar-refractivity contribution in [3.05, 3.63) is 35.6 Å². The van der Waals surface area contributed by atoms with Gasteiger partial charge in [0.1, 0.15) is 10.7 Å². The number of nitrogens with zero attached hydrogens (tertiary/aromatic N) is 3. The van der Waals surface area contributed by atoms with Crippen molar-refractivity contribution < 1.29 is 14.0 Å². The van der Waals surface area contributed by atoms with Crippen molar-refractivity contribution in [1.82, 2.24) is 15.2 Å². The maximum absolute atomic E-state index is 13.8. The number of urea groups is 1. The Morgan fingerprint density at radius 2 is 2.00 bits per heavy atom. The molecule has 0 spiro atoms. The number of nitrogens with one attached hydrogen (secondary N) is 1. The predicted octanol–water partition coefficient (Wildman–Crippen LogP) is 2.29. The van der Waals surface area contributed by atoms with Crippen molar-refractivity contribution in [1.29, 1.82) is 0 Å². The second-order valence-electron chi connectivity index (χ2n) is 5.14. The van der Waals surface area contributed by atoms with E-state index in [2.05, 4.69) is 10.4 Å². The highest BCUT2D eigenvalue weighted by atomic mass is 32.2. The Kier molecular flexibility index (Phi) is 4.41. The quantitative estimate of drug-likeness (QED) is 0.862. The molecule has 0 aromatic heterocycles. The average Bonchev–Trinajstić information content (AvgIpc) is 2.81. The molecule has 0 saturated heterocycles. The van der Waals surface area contributed by atoms with Gasteiger partial charge < -0.3 is 5.32 Å². The number of hydrogen-bond acceptors (Lipinski definition) is 4. The molecule has 0 radical (unpaired) electrons. The van der Waals surface area contributed by atoms with E-state index in [0.29, 0.717) is 5.17 Å². The smallest absolute Gasteiger partial charge is 0.322 e. The summed E-state index contributed by atoms with van der Waals surface area (Å²) < 4.78 is 13.8. The highest BCUT2D eigenvalue weighted by Crippen LogP contribution is 2.38. The third kappa shape index (κ3) is 2.92. The third-order valence-electron chi connectivity index (χ3n) is 3.14. The first-order chi connectivity index (χ1) is 10.3. The molecule has 0 atom stereocenters. The van der Waals surface area contributed by atoms with E-state index in [-0.39, 0.29) is 11.6 Å². The monoisotopic (exact) mass is 324 g/mol. The number of carbonyl (C=O) groups excluding carboxylic acids is 2. The molecule has 1 N–H and O–H groups in total. The van der Waals surface area contributed by atoms with Crippen LogP contribution in [0.5, 0.6) is 0 Å². The van der Waals surface area contributed by atoms with Gasteiger partial charge in [0.25, 0.3) is 5.91 Å². The maximum atomic E-state index is 13.8. The van der Waals surface area contributed by atoms with Crippen LogP contribution in [0.1, 0.15) is 24.2 Å². The minimum Gasteiger partial charge on any atom is -0.341 e. The number of hydrazone groups is 1. The third-order valence-corrected chi connectivity index (χ3v) is 4.35. The van der Waals surface area contributed by atoms with Crippen molar-refractivity contribution in [2.75, 3.05) is 14.1 Å². The summed E-state index contributed by atoms with van der Waals surface area (Å²) in [5.74, 6) is -1.15. The zero-order valence-electron chi connectivity index (χ0n) is 12.8. The summed E-state index contributed by atoms with van der Waals surface area (Å²) in [6.45, 7) is 3.56. The summed E-state index contributed by atoms with van der Waals surface area (Å²) in [5.41, 5.74) is -0.0521. The van der Waals surface area contributed by atoms with E-state index in [0.717, 1.165) is 0 Å². The highest BCUT2D eigenvalue weighted by molar-refractivity contribution is 8.15. The van der Waals surface area contributed by atoms with E-state index in [4.69, 9.17) is 0 Å². The zero-order valence-corrected chi connectivity index (χ0v) is 13.6. The summed E-state index contributed by atoms with van der Waals surface area (Å²) in [4.78, 5) is 24.8. The molecule has 2 rings (SSSR count). The van der Waals surface area contributed by atoms with Crippen LogP contribution in [0.25, 0.3) is 0 Å². The Morgan fingerprint density at radius 3 is 2.59 bits per heavy atom. The lowest BCUT2D eigenvalue weighted by Crippen LogP contribution is -2.39. The minimum absolute atomic E-state index is 0.0521. The number of thioether (sulfide) groups is 1. The number of benzene rings is 1. The number of rotatable bonds is 1. The lowest BCUT2D eigenvalue weighted by Gasteiger charge is -2.27. The maximum Gasteiger partial charge on any atom is 0.322 e. The largest absolute Gasteiger partial charge is 0.341 e. The minimum atomic E-state index is -0.725.